The first-order valence-corrected chi connectivity index (χ1v) is 7.14. The summed E-state index contributed by atoms with van der Waals surface area (Å²) in [6.45, 7) is 4.88. The van der Waals surface area contributed by atoms with E-state index in [4.69, 9.17) is 11.6 Å². The van der Waals surface area contributed by atoms with E-state index in [-0.39, 0.29) is 5.91 Å². The molecule has 1 aromatic rings. The third kappa shape index (κ3) is 3.07. The molecule has 1 fully saturated rings. The van der Waals surface area contributed by atoms with Crippen LogP contribution >= 0.6 is 11.6 Å². The molecule has 0 bridgehead atoms. The van der Waals surface area contributed by atoms with Crippen molar-refractivity contribution in [2.45, 2.75) is 45.1 Å². The Kier molecular flexibility index (Phi) is 4.42. The molecule has 2 heterocycles. The van der Waals surface area contributed by atoms with Gasteiger partial charge in [-0.1, -0.05) is 24.9 Å². The van der Waals surface area contributed by atoms with E-state index in [1.54, 1.807) is 6.20 Å². The van der Waals surface area contributed by atoms with Crippen LogP contribution in [0.4, 0.5) is 5.69 Å². The molecule has 1 saturated heterocycles. The highest BCUT2D eigenvalue weighted by Crippen LogP contribution is 2.27. The highest BCUT2D eigenvalue weighted by atomic mass is 35.5. The third-order valence-electron chi connectivity index (χ3n) is 3.63. The summed E-state index contributed by atoms with van der Waals surface area (Å²) in [4.78, 5) is 16.5. The van der Waals surface area contributed by atoms with Crippen molar-refractivity contribution in [3.63, 3.8) is 0 Å². The summed E-state index contributed by atoms with van der Waals surface area (Å²) in [5.41, 5.74) is 1.15. The molecule has 104 valence electrons. The lowest BCUT2D eigenvalue weighted by Crippen LogP contribution is -2.50. The molecule has 1 aromatic heterocycles. The minimum atomic E-state index is -0.414. The van der Waals surface area contributed by atoms with E-state index in [0.717, 1.165) is 37.8 Å². The van der Waals surface area contributed by atoms with Gasteiger partial charge in [0.25, 0.3) is 0 Å². The zero-order valence-corrected chi connectivity index (χ0v) is 12.2. The van der Waals surface area contributed by atoms with Gasteiger partial charge in [0.1, 0.15) is 5.15 Å². The number of halogens is 1. The third-order valence-corrected chi connectivity index (χ3v) is 4.02. The lowest BCUT2D eigenvalue weighted by Gasteiger charge is -2.27. The Morgan fingerprint density at radius 2 is 2.42 bits per heavy atom. The molecular formula is C14H20ClN3O. The summed E-state index contributed by atoms with van der Waals surface area (Å²) in [6, 6.07) is 1.85. The summed E-state index contributed by atoms with van der Waals surface area (Å²) in [5, 5.41) is 6.79. The van der Waals surface area contributed by atoms with Gasteiger partial charge >= 0.3 is 0 Å². The van der Waals surface area contributed by atoms with Gasteiger partial charge in [-0.3, -0.25) is 4.79 Å². The van der Waals surface area contributed by atoms with Crippen LogP contribution in [0.3, 0.4) is 0 Å². The molecule has 19 heavy (non-hydrogen) atoms. The SMILES string of the molecule is CCCC1(C(=O)Nc2cnc(Cl)c(C)c2)CCCN1. The minimum Gasteiger partial charge on any atom is -0.323 e. The average molecular weight is 282 g/mol. The van der Waals surface area contributed by atoms with Gasteiger partial charge < -0.3 is 10.6 Å². The first kappa shape index (κ1) is 14.3. The summed E-state index contributed by atoms with van der Waals surface area (Å²) < 4.78 is 0. The van der Waals surface area contributed by atoms with Gasteiger partial charge in [0, 0.05) is 0 Å². The Morgan fingerprint density at radius 1 is 1.63 bits per heavy atom. The molecular weight excluding hydrogens is 262 g/mol. The molecule has 2 N–H and O–H groups in total. The van der Waals surface area contributed by atoms with Crippen LogP contribution < -0.4 is 10.6 Å². The number of nitrogens with zero attached hydrogens (tertiary/aromatic N) is 1. The fourth-order valence-electron chi connectivity index (χ4n) is 2.63. The van der Waals surface area contributed by atoms with Crippen LogP contribution in [-0.2, 0) is 4.79 Å². The zero-order valence-electron chi connectivity index (χ0n) is 11.4. The van der Waals surface area contributed by atoms with E-state index in [1.165, 1.54) is 0 Å². The minimum absolute atomic E-state index is 0.0374. The number of hydrogen-bond acceptors (Lipinski definition) is 3. The van der Waals surface area contributed by atoms with Gasteiger partial charge in [-0.2, -0.15) is 0 Å². The van der Waals surface area contributed by atoms with E-state index in [9.17, 15) is 4.79 Å². The number of carbonyl (C=O) groups excluding carboxylic acids is 1. The monoisotopic (exact) mass is 281 g/mol. The number of nitrogens with one attached hydrogen (secondary N) is 2. The van der Waals surface area contributed by atoms with Crippen molar-refractivity contribution in [1.29, 1.82) is 0 Å². The molecule has 0 aliphatic carbocycles. The number of aryl methyl sites for hydroxylation is 1. The van der Waals surface area contributed by atoms with Crippen molar-refractivity contribution in [2.75, 3.05) is 11.9 Å². The van der Waals surface area contributed by atoms with Crippen molar-refractivity contribution >= 4 is 23.2 Å². The Balaban J connectivity index is 2.12. The molecule has 0 saturated carbocycles. The molecule has 0 aromatic carbocycles. The van der Waals surface area contributed by atoms with E-state index in [1.807, 2.05) is 13.0 Å². The number of aromatic nitrogens is 1. The fourth-order valence-corrected chi connectivity index (χ4v) is 2.73. The fraction of sp³-hybridized carbons (Fsp3) is 0.571. The lowest BCUT2D eigenvalue weighted by atomic mass is 9.91. The van der Waals surface area contributed by atoms with Crippen LogP contribution in [-0.4, -0.2) is 23.0 Å². The van der Waals surface area contributed by atoms with Crippen LogP contribution in [0.2, 0.25) is 5.15 Å². The van der Waals surface area contributed by atoms with Crippen molar-refractivity contribution in [3.8, 4) is 0 Å². The van der Waals surface area contributed by atoms with Crippen LogP contribution in [0.5, 0.6) is 0 Å². The normalized spacial score (nSPS) is 22.5. The lowest BCUT2D eigenvalue weighted by molar-refractivity contribution is -0.122. The van der Waals surface area contributed by atoms with Gasteiger partial charge in [-0.05, 0) is 44.4 Å². The standard InChI is InChI=1S/C14H20ClN3O/c1-3-5-14(6-4-7-17-14)13(19)18-11-8-10(2)12(15)16-9-11/h8-9,17H,3-7H2,1-2H3,(H,18,19). The van der Waals surface area contributed by atoms with E-state index < -0.39 is 5.54 Å². The average Bonchev–Trinajstić information content (AvgIpc) is 2.84. The maximum atomic E-state index is 12.5. The highest BCUT2D eigenvalue weighted by Gasteiger charge is 2.39. The van der Waals surface area contributed by atoms with Gasteiger partial charge in [0.2, 0.25) is 5.91 Å². The molecule has 5 heteroatoms. The summed E-state index contributed by atoms with van der Waals surface area (Å²) in [5.74, 6) is 0.0374. The molecule has 1 atom stereocenters. The van der Waals surface area contributed by atoms with Crippen molar-refractivity contribution < 1.29 is 4.79 Å². The highest BCUT2D eigenvalue weighted by molar-refractivity contribution is 6.30. The molecule has 0 radical (unpaired) electrons. The smallest absolute Gasteiger partial charge is 0.244 e. The molecule has 0 spiro atoms. The summed E-state index contributed by atoms with van der Waals surface area (Å²) in [7, 11) is 0. The molecule has 2 rings (SSSR count). The Bertz CT molecular complexity index is 470. The van der Waals surface area contributed by atoms with E-state index in [2.05, 4.69) is 22.5 Å². The molecule has 1 aliphatic rings. The Morgan fingerprint density at radius 3 is 3.00 bits per heavy atom. The predicted molar refractivity (Wildman–Crippen MR) is 77.5 cm³/mol. The van der Waals surface area contributed by atoms with Gasteiger partial charge in [0.15, 0.2) is 0 Å². The van der Waals surface area contributed by atoms with Crippen molar-refractivity contribution in [1.82, 2.24) is 10.3 Å². The maximum absolute atomic E-state index is 12.5. The topological polar surface area (TPSA) is 54.0 Å². The number of rotatable bonds is 4. The molecule has 1 unspecified atom stereocenters. The maximum Gasteiger partial charge on any atom is 0.244 e. The first-order chi connectivity index (χ1) is 9.07. The van der Waals surface area contributed by atoms with Crippen LogP contribution in [0.1, 0.15) is 38.2 Å². The number of anilines is 1. The number of hydrogen-bond donors (Lipinski definition) is 2. The van der Waals surface area contributed by atoms with Gasteiger partial charge in [0.05, 0.1) is 17.4 Å². The number of pyridine rings is 1. The molecule has 1 amide bonds. The number of carbonyl (C=O) groups is 1. The van der Waals surface area contributed by atoms with Gasteiger partial charge in [-0.25, -0.2) is 4.98 Å². The second-order valence-corrected chi connectivity index (χ2v) is 5.51. The summed E-state index contributed by atoms with van der Waals surface area (Å²) >= 11 is 5.89. The second-order valence-electron chi connectivity index (χ2n) is 5.15. The van der Waals surface area contributed by atoms with Crippen molar-refractivity contribution in [2.24, 2.45) is 0 Å². The quantitative estimate of drug-likeness (QED) is 0.835. The second kappa shape index (κ2) is 5.88. The Hall–Kier alpha value is -1.13. The predicted octanol–water partition coefficient (Wildman–Crippen LogP) is 2.90. The van der Waals surface area contributed by atoms with Gasteiger partial charge in [-0.15, -0.1) is 0 Å². The van der Waals surface area contributed by atoms with E-state index >= 15 is 0 Å². The number of amides is 1. The first-order valence-electron chi connectivity index (χ1n) is 6.76. The Labute approximate surface area is 118 Å². The van der Waals surface area contributed by atoms with Crippen molar-refractivity contribution in [3.05, 3.63) is 23.0 Å². The molecule has 1 aliphatic heterocycles. The molecule has 4 nitrogen and oxygen atoms in total. The zero-order chi connectivity index (χ0) is 13.9. The van der Waals surface area contributed by atoms with Crippen LogP contribution in [0, 0.1) is 6.92 Å². The van der Waals surface area contributed by atoms with Crippen LogP contribution in [0.25, 0.3) is 0 Å². The van der Waals surface area contributed by atoms with E-state index in [0.29, 0.717) is 10.8 Å². The summed E-state index contributed by atoms with van der Waals surface area (Å²) in [6.07, 6.45) is 5.39. The largest absolute Gasteiger partial charge is 0.323 e. The van der Waals surface area contributed by atoms with Crippen LogP contribution in [0.15, 0.2) is 12.3 Å².